The number of sulfone groups is 1. The van der Waals surface area contributed by atoms with E-state index < -0.39 is 32.4 Å². The van der Waals surface area contributed by atoms with Gasteiger partial charge in [-0.25, -0.2) is 8.42 Å². The highest BCUT2D eigenvalue weighted by Gasteiger charge is 2.75. The Bertz CT molecular complexity index is 925. The van der Waals surface area contributed by atoms with Crippen LogP contribution in [-0.2, 0) is 21.1 Å². The van der Waals surface area contributed by atoms with Gasteiger partial charge in [0.05, 0.1) is 10.1 Å². The van der Waals surface area contributed by atoms with Crippen LogP contribution < -0.4 is 5.73 Å². The number of hydrogen-bond donors (Lipinski definition) is 2. The maximum Gasteiger partial charge on any atom is 0.312 e. The summed E-state index contributed by atoms with van der Waals surface area (Å²) < 4.78 is 26.3. The van der Waals surface area contributed by atoms with Gasteiger partial charge in [-0.15, -0.1) is 0 Å². The minimum absolute atomic E-state index is 0.0543. The van der Waals surface area contributed by atoms with Crippen molar-refractivity contribution in [2.75, 3.05) is 6.54 Å². The van der Waals surface area contributed by atoms with E-state index >= 15 is 0 Å². The Hall–Kier alpha value is -1.89. The highest BCUT2D eigenvalue weighted by Crippen LogP contribution is 2.63. The second kappa shape index (κ2) is 6.68. The van der Waals surface area contributed by atoms with E-state index in [-0.39, 0.29) is 11.4 Å². The largest absolute Gasteiger partial charge is 0.481 e. The molecule has 1 fully saturated rings. The summed E-state index contributed by atoms with van der Waals surface area (Å²) >= 11 is 5.83. The zero-order valence-electron chi connectivity index (χ0n) is 14.2. The third kappa shape index (κ3) is 2.82. The summed E-state index contributed by atoms with van der Waals surface area (Å²) in [6.45, 7) is 1.77. The molecule has 0 aliphatic heterocycles. The Morgan fingerprint density at radius 2 is 1.73 bits per heavy atom. The van der Waals surface area contributed by atoms with Crippen molar-refractivity contribution >= 4 is 27.4 Å². The minimum atomic E-state index is -3.88. The maximum absolute atomic E-state index is 13.1. The molecule has 1 aliphatic carbocycles. The molecule has 0 aromatic heterocycles. The molecule has 0 saturated heterocycles. The number of aryl methyl sites for hydroxylation is 1. The Labute approximate surface area is 157 Å². The Kier molecular flexibility index (Phi) is 4.86. The van der Waals surface area contributed by atoms with Crippen LogP contribution in [0.15, 0.2) is 53.4 Å². The normalized spacial score (nSPS) is 25.0. The van der Waals surface area contributed by atoms with Gasteiger partial charge in [0.25, 0.3) is 0 Å². The summed E-state index contributed by atoms with van der Waals surface area (Å²) in [5, 5.41) is 9.10. The Morgan fingerprint density at radius 1 is 1.15 bits per heavy atom. The van der Waals surface area contributed by atoms with E-state index in [1.54, 1.807) is 12.1 Å². The number of nitrogens with two attached hydrogens (primary N) is 1. The van der Waals surface area contributed by atoms with Crippen LogP contribution in [-0.4, -0.2) is 31.3 Å². The van der Waals surface area contributed by atoms with Gasteiger partial charge in [-0.3, -0.25) is 4.79 Å². The van der Waals surface area contributed by atoms with E-state index in [0.717, 1.165) is 12.0 Å². The predicted octanol–water partition coefficient (Wildman–Crippen LogP) is 2.87. The first-order valence-electron chi connectivity index (χ1n) is 8.30. The highest BCUT2D eigenvalue weighted by molar-refractivity contribution is 7.92. The number of benzene rings is 2. The maximum atomic E-state index is 13.1. The fourth-order valence-corrected chi connectivity index (χ4v) is 6.16. The van der Waals surface area contributed by atoms with E-state index in [1.165, 1.54) is 24.3 Å². The molecule has 2 aromatic carbocycles. The van der Waals surface area contributed by atoms with E-state index in [2.05, 4.69) is 0 Å². The Balaban J connectivity index is 2.08. The van der Waals surface area contributed by atoms with Crippen molar-refractivity contribution in [3.8, 4) is 0 Å². The van der Waals surface area contributed by atoms with E-state index in [4.69, 9.17) is 17.3 Å². The molecule has 0 amide bonds. The first kappa shape index (κ1) is 18.9. The molecule has 0 heterocycles. The topological polar surface area (TPSA) is 97.5 Å². The lowest BCUT2D eigenvalue weighted by Crippen LogP contribution is -2.31. The fraction of sp³-hybridized carbons (Fsp3) is 0.316. The van der Waals surface area contributed by atoms with Gasteiger partial charge in [0.15, 0.2) is 9.84 Å². The zero-order chi connectivity index (χ0) is 19.1. The van der Waals surface area contributed by atoms with Crippen molar-refractivity contribution in [1.82, 2.24) is 0 Å². The van der Waals surface area contributed by atoms with Crippen LogP contribution in [0.4, 0.5) is 0 Å². The van der Waals surface area contributed by atoms with Gasteiger partial charge in [0.1, 0.15) is 5.41 Å². The molecule has 3 atom stereocenters. The first-order valence-corrected chi connectivity index (χ1v) is 10.2. The van der Waals surface area contributed by atoms with Crippen molar-refractivity contribution < 1.29 is 18.3 Å². The molecular weight excluding hydrogens is 374 g/mol. The number of hydrogen-bond acceptors (Lipinski definition) is 4. The van der Waals surface area contributed by atoms with Crippen molar-refractivity contribution in [3.05, 3.63) is 64.7 Å². The van der Waals surface area contributed by atoms with Crippen LogP contribution in [0.5, 0.6) is 0 Å². The average Bonchev–Trinajstić information content (AvgIpc) is 3.34. The molecule has 0 bridgehead atoms. The Morgan fingerprint density at radius 3 is 2.19 bits per heavy atom. The van der Waals surface area contributed by atoms with Crippen molar-refractivity contribution in [3.63, 3.8) is 0 Å². The number of carboxylic acid groups (broad SMARTS) is 1. The van der Waals surface area contributed by atoms with Crippen LogP contribution >= 0.6 is 11.6 Å². The fourth-order valence-electron chi connectivity index (χ4n) is 3.65. The van der Waals surface area contributed by atoms with Gasteiger partial charge in [-0.05, 0) is 41.8 Å². The monoisotopic (exact) mass is 393 g/mol. The number of halogens is 1. The molecule has 138 valence electrons. The molecule has 26 heavy (non-hydrogen) atoms. The molecular formula is C19H20ClNO4S. The number of carbonyl (C=O) groups is 1. The lowest BCUT2D eigenvalue weighted by atomic mass is 9.98. The number of aliphatic carboxylic acids is 1. The minimum Gasteiger partial charge on any atom is -0.481 e. The summed E-state index contributed by atoms with van der Waals surface area (Å²) in [6, 6.07) is 13.1. The second-order valence-electron chi connectivity index (χ2n) is 6.54. The van der Waals surface area contributed by atoms with Crippen LogP contribution in [0, 0.1) is 5.41 Å². The molecule has 3 unspecified atom stereocenters. The lowest BCUT2D eigenvalue weighted by molar-refractivity contribution is -0.143. The standard InChI is InChI=1S/C19H20ClNO4S/c1-2-12-3-5-13(6-4-12)16-17(19(16,11-21)18(22)23)26(24,25)15-9-7-14(20)8-10-15/h3-10,16-17H,2,11,21H2,1H3,(H,22,23). The summed E-state index contributed by atoms with van der Waals surface area (Å²) in [4.78, 5) is 12.1. The van der Waals surface area contributed by atoms with Gasteiger partial charge in [0, 0.05) is 17.5 Å². The molecule has 0 radical (unpaired) electrons. The van der Waals surface area contributed by atoms with Crippen molar-refractivity contribution in [1.29, 1.82) is 0 Å². The quantitative estimate of drug-likeness (QED) is 0.786. The SMILES string of the molecule is CCc1ccc(C2C(S(=O)(=O)c3ccc(Cl)cc3)C2(CN)C(=O)O)cc1. The molecule has 5 nitrogen and oxygen atoms in total. The third-order valence-electron chi connectivity index (χ3n) is 5.22. The van der Waals surface area contributed by atoms with E-state index in [0.29, 0.717) is 10.6 Å². The average molecular weight is 394 g/mol. The van der Waals surface area contributed by atoms with Gasteiger partial charge >= 0.3 is 5.97 Å². The van der Waals surface area contributed by atoms with Gasteiger partial charge < -0.3 is 10.8 Å². The van der Waals surface area contributed by atoms with Crippen molar-refractivity contribution in [2.24, 2.45) is 11.1 Å². The third-order valence-corrected chi connectivity index (χ3v) is 7.76. The highest BCUT2D eigenvalue weighted by atomic mass is 35.5. The summed E-state index contributed by atoms with van der Waals surface area (Å²) in [5.74, 6) is -1.87. The summed E-state index contributed by atoms with van der Waals surface area (Å²) in [7, 11) is -3.88. The van der Waals surface area contributed by atoms with Crippen LogP contribution in [0.25, 0.3) is 0 Å². The second-order valence-corrected chi connectivity index (χ2v) is 9.05. The van der Waals surface area contributed by atoms with Crippen LogP contribution in [0.2, 0.25) is 5.02 Å². The van der Waals surface area contributed by atoms with E-state index in [9.17, 15) is 18.3 Å². The first-order chi connectivity index (χ1) is 12.3. The predicted molar refractivity (Wildman–Crippen MR) is 100 cm³/mol. The van der Waals surface area contributed by atoms with Crippen LogP contribution in [0.3, 0.4) is 0 Å². The van der Waals surface area contributed by atoms with Gasteiger partial charge in [-0.2, -0.15) is 0 Å². The molecule has 1 saturated carbocycles. The zero-order valence-corrected chi connectivity index (χ0v) is 15.8. The van der Waals surface area contributed by atoms with Crippen molar-refractivity contribution in [2.45, 2.75) is 29.4 Å². The van der Waals surface area contributed by atoms with Gasteiger partial charge in [0.2, 0.25) is 0 Å². The molecule has 7 heteroatoms. The molecule has 3 N–H and O–H groups in total. The van der Waals surface area contributed by atoms with Gasteiger partial charge in [-0.1, -0.05) is 42.8 Å². The molecule has 2 aromatic rings. The molecule has 0 spiro atoms. The molecule has 1 aliphatic rings. The molecule has 3 rings (SSSR count). The summed E-state index contributed by atoms with van der Waals surface area (Å²) in [5.41, 5.74) is 6.03. The number of carboxylic acids is 1. The van der Waals surface area contributed by atoms with E-state index in [1.807, 2.05) is 19.1 Å². The van der Waals surface area contributed by atoms with Crippen LogP contribution in [0.1, 0.15) is 24.0 Å². The summed E-state index contributed by atoms with van der Waals surface area (Å²) in [6.07, 6.45) is 0.846. The lowest BCUT2D eigenvalue weighted by Gasteiger charge is -2.10. The number of rotatable bonds is 6. The smallest absolute Gasteiger partial charge is 0.312 e.